The Morgan fingerprint density at radius 1 is 1.16 bits per heavy atom. The number of halogens is 1. The van der Waals surface area contributed by atoms with E-state index in [9.17, 15) is 8.42 Å². The third-order valence-electron chi connectivity index (χ3n) is 6.22. The Balaban J connectivity index is 1.51. The molecule has 0 saturated heterocycles. The van der Waals surface area contributed by atoms with Crippen LogP contribution in [0.3, 0.4) is 0 Å². The molecule has 0 spiro atoms. The van der Waals surface area contributed by atoms with Crippen LogP contribution >= 0.6 is 11.6 Å². The maximum absolute atomic E-state index is 12.7. The van der Waals surface area contributed by atoms with Gasteiger partial charge in [0.1, 0.15) is 0 Å². The van der Waals surface area contributed by atoms with Gasteiger partial charge in [0.05, 0.1) is 11.4 Å². The molecule has 1 aliphatic carbocycles. The summed E-state index contributed by atoms with van der Waals surface area (Å²) in [6.45, 7) is 1.95. The molecule has 2 aromatic carbocycles. The van der Waals surface area contributed by atoms with Gasteiger partial charge < -0.3 is 0 Å². The Bertz CT molecular complexity index is 1190. The molecule has 4 rings (SSSR count). The molecule has 168 valence electrons. The second-order valence-corrected chi connectivity index (χ2v) is 11.1. The first kappa shape index (κ1) is 22.8. The van der Waals surface area contributed by atoms with Gasteiger partial charge in [-0.25, -0.2) is 8.42 Å². The monoisotopic (exact) mass is 468 g/mol. The molecule has 1 N–H and O–H groups in total. The lowest BCUT2D eigenvalue weighted by atomic mass is 9.91. The Morgan fingerprint density at radius 3 is 2.75 bits per heavy atom. The highest BCUT2D eigenvalue weighted by atomic mass is 35.5. The minimum atomic E-state index is -3.36. The highest BCUT2D eigenvalue weighted by Gasteiger charge is 2.24. The summed E-state index contributed by atoms with van der Waals surface area (Å²) in [5.74, 6) is 0.344. The first-order chi connectivity index (χ1) is 15.4. The van der Waals surface area contributed by atoms with Gasteiger partial charge in [-0.3, -0.25) is 5.10 Å². The standard InChI is InChI=1S/C26H29ClN2O2S/c1-19(21-9-3-2-4-10-21)18-32(30,31)15-14-25-24-13-6-5-11-22(26(24)29-28-25)16-20-8-7-12-23(27)17-20/h2-4,7-10,12,14-15,17,19,22H,5-6,11,13,16,18H2,1H3,(H,28,29)/b15-14+/t19-,22?/m1/s1. The fraction of sp³-hybridized carbons (Fsp3) is 0.346. The highest BCUT2D eigenvalue weighted by Crippen LogP contribution is 2.34. The topological polar surface area (TPSA) is 62.8 Å². The molecule has 0 aliphatic heterocycles. The van der Waals surface area contributed by atoms with Crippen LogP contribution in [-0.4, -0.2) is 24.4 Å². The minimum Gasteiger partial charge on any atom is -0.281 e. The van der Waals surface area contributed by atoms with Crippen LogP contribution in [0.1, 0.15) is 66.1 Å². The molecule has 0 fully saturated rings. The molecular formula is C26H29ClN2O2S. The van der Waals surface area contributed by atoms with Crippen LogP contribution in [0, 0.1) is 0 Å². The third kappa shape index (κ3) is 5.70. The van der Waals surface area contributed by atoms with Gasteiger partial charge in [0.15, 0.2) is 9.84 Å². The molecule has 6 heteroatoms. The molecule has 0 radical (unpaired) electrons. The zero-order valence-corrected chi connectivity index (χ0v) is 19.9. The maximum Gasteiger partial charge on any atom is 0.172 e. The molecule has 2 atom stereocenters. The average Bonchev–Trinajstić information content (AvgIpc) is 3.07. The van der Waals surface area contributed by atoms with Crippen LogP contribution in [0.5, 0.6) is 0 Å². The highest BCUT2D eigenvalue weighted by molar-refractivity contribution is 7.94. The van der Waals surface area contributed by atoms with Gasteiger partial charge in [-0.15, -0.1) is 0 Å². The number of rotatable bonds is 7. The van der Waals surface area contributed by atoms with Gasteiger partial charge in [0.25, 0.3) is 0 Å². The minimum absolute atomic E-state index is 0.0655. The number of nitrogens with one attached hydrogen (secondary N) is 1. The summed E-state index contributed by atoms with van der Waals surface area (Å²) in [6, 6.07) is 17.8. The molecular weight excluding hydrogens is 440 g/mol. The van der Waals surface area contributed by atoms with Crippen LogP contribution in [-0.2, 0) is 22.7 Å². The van der Waals surface area contributed by atoms with Crippen molar-refractivity contribution in [3.63, 3.8) is 0 Å². The van der Waals surface area contributed by atoms with E-state index in [0.717, 1.165) is 59.6 Å². The van der Waals surface area contributed by atoms with E-state index in [1.54, 1.807) is 6.08 Å². The SMILES string of the molecule is C[C@H](CS(=O)(=O)/C=C/c1n[nH]c2c1CCCCC2Cc1cccc(Cl)c1)c1ccccc1. The summed E-state index contributed by atoms with van der Waals surface area (Å²) in [6.07, 6.45) is 6.78. The molecule has 4 nitrogen and oxygen atoms in total. The van der Waals surface area contributed by atoms with E-state index in [1.165, 1.54) is 11.0 Å². The second kappa shape index (κ2) is 10.1. The van der Waals surface area contributed by atoms with Gasteiger partial charge in [-0.2, -0.15) is 5.10 Å². The van der Waals surface area contributed by atoms with Crippen LogP contribution in [0.2, 0.25) is 5.02 Å². The molecule has 3 aromatic rings. The number of hydrogen-bond donors (Lipinski definition) is 1. The van der Waals surface area contributed by atoms with Crippen LogP contribution < -0.4 is 0 Å². The zero-order valence-electron chi connectivity index (χ0n) is 18.3. The molecule has 1 aromatic heterocycles. The summed E-state index contributed by atoms with van der Waals surface area (Å²) in [5.41, 5.74) is 5.27. The molecule has 1 heterocycles. The lowest BCUT2D eigenvalue weighted by Crippen LogP contribution is -2.10. The van der Waals surface area contributed by atoms with Crippen molar-refractivity contribution in [1.82, 2.24) is 10.2 Å². The summed E-state index contributed by atoms with van der Waals surface area (Å²) in [4.78, 5) is 0. The Kier molecular flexibility index (Phi) is 7.17. The first-order valence-electron chi connectivity index (χ1n) is 11.2. The number of fused-ring (bicyclic) bond motifs is 1. The lowest BCUT2D eigenvalue weighted by molar-refractivity contribution is 0.578. The number of hydrogen-bond acceptors (Lipinski definition) is 3. The van der Waals surface area contributed by atoms with E-state index in [4.69, 9.17) is 11.6 Å². The van der Waals surface area contributed by atoms with Crippen molar-refractivity contribution in [2.75, 3.05) is 5.75 Å². The van der Waals surface area contributed by atoms with E-state index in [1.807, 2.05) is 55.5 Å². The number of aromatic amines is 1. The Morgan fingerprint density at radius 2 is 1.97 bits per heavy atom. The van der Waals surface area contributed by atoms with E-state index in [0.29, 0.717) is 5.92 Å². The van der Waals surface area contributed by atoms with Crippen LogP contribution in [0.25, 0.3) is 6.08 Å². The van der Waals surface area contributed by atoms with Crippen LogP contribution in [0.15, 0.2) is 60.0 Å². The van der Waals surface area contributed by atoms with E-state index < -0.39 is 9.84 Å². The van der Waals surface area contributed by atoms with Crippen molar-refractivity contribution < 1.29 is 8.42 Å². The van der Waals surface area contributed by atoms with Crippen molar-refractivity contribution in [3.05, 3.63) is 93.1 Å². The van der Waals surface area contributed by atoms with Crippen molar-refractivity contribution in [2.24, 2.45) is 0 Å². The summed E-state index contributed by atoms with van der Waals surface area (Å²) in [7, 11) is -3.36. The van der Waals surface area contributed by atoms with Crippen molar-refractivity contribution in [3.8, 4) is 0 Å². The first-order valence-corrected chi connectivity index (χ1v) is 13.3. The predicted octanol–water partition coefficient (Wildman–Crippen LogP) is 6.31. The number of aromatic nitrogens is 2. The smallest absolute Gasteiger partial charge is 0.172 e. The number of nitrogens with zero attached hydrogens (tertiary/aromatic N) is 1. The Hall–Kier alpha value is -2.37. The predicted molar refractivity (Wildman–Crippen MR) is 132 cm³/mol. The van der Waals surface area contributed by atoms with E-state index in [-0.39, 0.29) is 11.7 Å². The Labute approximate surface area is 195 Å². The fourth-order valence-electron chi connectivity index (χ4n) is 4.57. The van der Waals surface area contributed by atoms with Crippen molar-refractivity contribution in [2.45, 2.75) is 50.9 Å². The zero-order chi connectivity index (χ0) is 22.6. The molecule has 0 bridgehead atoms. The summed E-state index contributed by atoms with van der Waals surface area (Å²) in [5, 5.41) is 9.79. The van der Waals surface area contributed by atoms with Gasteiger partial charge in [-0.1, -0.05) is 67.4 Å². The molecule has 0 saturated carbocycles. The third-order valence-corrected chi connectivity index (χ3v) is 7.97. The second-order valence-electron chi connectivity index (χ2n) is 8.72. The van der Waals surface area contributed by atoms with Gasteiger partial charge in [0, 0.05) is 27.6 Å². The number of H-pyrrole nitrogens is 1. The maximum atomic E-state index is 12.7. The molecule has 0 amide bonds. The van der Waals surface area contributed by atoms with Gasteiger partial charge in [0.2, 0.25) is 0 Å². The quantitative estimate of drug-likeness (QED) is 0.413. The number of benzene rings is 2. The molecule has 1 aliphatic rings. The van der Waals surface area contributed by atoms with Crippen LogP contribution in [0.4, 0.5) is 0 Å². The molecule has 1 unspecified atom stereocenters. The lowest BCUT2D eigenvalue weighted by Gasteiger charge is -2.14. The van der Waals surface area contributed by atoms with E-state index >= 15 is 0 Å². The summed E-state index contributed by atoms with van der Waals surface area (Å²) < 4.78 is 25.5. The summed E-state index contributed by atoms with van der Waals surface area (Å²) >= 11 is 6.17. The fourth-order valence-corrected chi connectivity index (χ4v) is 6.12. The number of sulfone groups is 1. The van der Waals surface area contributed by atoms with E-state index in [2.05, 4.69) is 16.3 Å². The van der Waals surface area contributed by atoms with Gasteiger partial charge >= 0.3 is 0 Å². The van der Waals surface area contributed by atoms with Crippen molar-refractivity contribution >= 4 is 27.5 Å². The average molecular weight is 469 g/mol. The largest absolute Gasteiger partial charge is 0.281 e. The van der Waals surface area contributed by atoms with Crippen molar-refractivity contribution in [1.29, 1.82) is 0 Å². The van der Waals surface area contributed by atoms with Gasteiger partial charge in [-0.05, 0) is 60.9 Å². The molecule has 32 heavy (non-hydrogen) atoms. The normalized spacial score (nSPS) is 17.8.